The molecule has 3 heterocycles. The van der Waals surface area contributed by atoms with Gasteiger partial charge in [0.15, 0.2) is 0 Å². The summed E-state index contributed by atoms with van der Waals surface area (Å²) in [4.78, 5) is 8.82. The average molecular weight is 597 g/mol. The Morgan fingerprint density at radius 2 is 1.88 bits per heavy atom. The number of aromatic nitrogens is 2. The zero-order valence-electron chi connectivity index (χ0n) is 22.5. The van der Waals surface area contributed by atoms with Gasteiger partial charge < -0.3 is 16.1 Å². The van der Waals surface area contributed by atoms with E-state index in [1.807, 2.05) is 60.8 Å². The molecule has 0 saturated heterocycles. The van der Waals surface area contributed by atoms with E-state index in [0.717, 1.165) is 29.7 Å². The van der Waals surface area contributed by atoms with Crippen molar-refractivity contribution in [2.45, 2.75) is 43.8 Å². The zero-order valence-corrected chi connectivity index (χ0v) is 24.0. The summed E-state index contributed by atoms with van der Waals surface area (Å²) in [6, 6.07) is 21.8. The third-order valence-electron chi connectivity index (χ3n) is 7.38. The molecule has 1 aliphatic carbocycles. The van der Waals surface area contributed by atoms with Crippen LogP contribution < -0.4 is 21.6 Å². The van der Waals surface area contributed by atoms with Gasteiger partial charge in [-0.1, -0.05) is 59.6 Å². The van der Waals surface area contributed by atoms with Crippen molar-refractivity contribution in [3.8, 4) is 12.1 Å². The molecule has 0 bridgehead atoms. The predicted octanol–water partition coefficient (Wildman–Crippen LogP) is 6.75. The number of nitrogens with zero attached hydrogens (tertiary/aromatic N) is 5. The van der Waals surface area contributed by atoms with Crippen LogP contribution >= 0.6 is 23.2 Å². The lowest BCUT2D eigenvalue weighted by Gasteiger charge is -2.24. The minimum atomic E-state index is -0.382. The first-order valence-electron chi connectivity index (χ1n) is 13.6. The molecule has 4 aromatic rings. The summed E-state index contributed by atoms with van der Waals surface area (Å²) in [5, 5.41) is 30.1. The number of halogens is 2. The number of hydrazine groups is 2. The Kier molecular flexibility index (Phi) is 7.98. The number of hydrogen-bond acceptors (Lipinski definition) is 9. The van der Waals surface area contributed by atoms with Gasteiger partial charge in [0, 0.05) is 47.7 Å². The minimum absolute atomic E-state index is 0.201. The largest absolute Gasteiger partial charge is 0.377 e. The van der Waals surface area contributed by atoms with Crippen molar-refractivity contribution in [2.24, 2.45) is 0 Å². The molecule has 1 saturated carbocycles. The van der Waals surface area contributed by atoms with Crippen LogP contribution in [0, 0.1) is 22.7 Å². The highest BCUT2D eigenvalue weighted by Crippen LogP contribution is 2.39. The van der Waals surface area contributed by atoms with Crippen LogP contribution in [0.4, 0.5) is 11.4 Å². The molecule has 0 radical (unpaired) electrons. The smallest absolute Gasteiger partial charge is 0.134 e. The van der Waals surface area contributed by atoms with Crippen molar-refractivity contribution < 1.29 is 0 Å². The molecular weight excluding hydrogens is 569 g/mol. The van der Waals surface area contributed by atoms with E-state index in [4.69, 9.17) is 23.2 Å². The van der Waals surface area contributed by atoms with Crippen LogP contribution in [0.1, 0.15) is 54.5 Å². The first-order valence-corrected chi connectivity index (χ1v) is 14.4. The molecule has 0 amide bonds. The van der Waals surface area contributed by atoms with Gasteiger partial charge in [-0.25, -0.2) is 4.98 Å². The third-order valence-corrected chi connectivity index (χ3v) is 7.98. The number of nitriles is 2. The summed E-state index contributed by atoms with van der Waals surface area (Å²) in [6.07, 6.45) is 8.41. The van der Waals surface area contributed by atoms with Gasteiger partial charge in [0.25, 0.3) is 0 Å². The first-order chi connectivity index (χ1) is 20.6. The molecule has 210 valence electrons. The van der Waals surface area contributed by atoms with Crippen molar-refractivity contribution in [2.75, 3.05) is 10.6 Å². The summed E-state index contributed by atoms with van der Waals surface area (Å²) < 4.78 is 0. The van der Waals surface area contributed by atoms with Crippen LogP contribution in [-0.2, 0) is 0 Å². The lowest BCUT2D eigenvalue weighted by Crippen LogP contribution is -2.38. The molecule has 2 atom stereocenters. The van der Waals surface area contributed by atoms with Crippen molar-refractivity contribution in [3.63, 3.8) is 0 Å². The molecule has 0 unspecified atom stereocenters. The van der Waals surface area contributed by atoms with Crippen LogP contribution in [0.5, 0.6) is 0 Å². The Bertz CT molecular complexity index is 1720. The molecule has 1 fully saturated rings. The van der Waals surface area contributed by atoms with E-state index in [9.17, 15) is 10.5 Å². The van der Waals surface area contributed by atoms with Gasteiger partial charge in [0.05, 0.1) is 45.6 Å². The lowest BCUT2D eigenvalue weighted by atomic mass is 10.00. The van der Waals surface area contributed by atoms with Gasteiger partial charge in [-0.3, -0.25) is 9.99 Å². The van der Waals surface area contributed by atoms with E-state index >= 15 is 0 Å². The van der Waals surface area contributed by atoms with Crippen LogP contribution in [0.15, 0.2) is 78.9 Å². The molecule has 4 N–H and O–H groups in total. The Labute approximate surface area is 253 Å². The number of anilines is 2. The summed E-state index contributed by atoms with van der Waals surface area (Å²) >= 11 is 13.4. The van der Waals surface area contributed by atoms with Crippen LogP contribution in [0.3, 0.4) is 0 Å². The topological polar surface area (TPSA) is 125 Å². The maximum Gasteiger partial charge on any atom is 0.134 e. The molecule has 9 nitrogen and oxygen atoms in total. The summed E-state index contributed by atoms with van der Waals surface area (Å²) in [6.45, 7) is 0. The fourth-order valence-electron chi connectivity index (χ4n) is 5.12. The van der Waals surface area contributed by atoms with Crippen molar-refractivity contribution >= 4 is 45.5 Å². The van der Waals surface area contributed by atoms with Crippen LogP contribution in [0.25, 0.3) is 10.9 Å². The maximum absolute atomic E-state index is 10.0. The Morgan fingerprint density at radius 1 is 1.05 bits per heavy atom. The Morgan fingerprint density at radius 3 is 2.62 bits per heavy atom. The summed E-state index contributed by atoms with van der Waals surface area (Å²) in [5.41, 5.74) is 11.4. The second-order valence-corrected chi connectivity index (χ2v) is 11.0. The minimum Gasteiger partial charge on any atom is -0.377 e. The summed E-state index contributed by atoms with van der Waals surface area (Å²) in [5.74, 6) is 0. The predicted molar refractivity (Wildman–Crippen MR) is 164 cm³/mol. The van der Waals surface area contributed by atoms with E-state index in [2.05, 4.69) is 48.7 Å². The van der Waals surface area contributed by atoms with Crippen molar-refractivity contribution in [1.29, 1.82) is 10.5 Å². The maximum atomic E-state index is 10.0. The van der Waals surface area contributed by atoms with E-state index in [0.29, 0.717) is 56.9 Å². The highest BCUT2D eigenvalue weighted by atomic mass is 35.5. The molecule has 2 aliphatic rings. The summed E-state index contributed by atoms with van der Waals surface area (Å²) in [7, 11) is 0. The first kappa shape index (κ1) is 27.6. The van der Waals surface area contributed by atoms with Crippen molar-refractivity contribution in [3.05, 3.63) is 106 Å². The quantitative estimate of drug-likeness (QED) is 0.147. The fraction of sp³-hybridized carbons (Fsp3) is 0.226. The van der Waals surface area contributed by atoms with E-state index in [1.165, 1.54) is 6.20 Å². The Hall–Kier alpha value is -4.54. The SMILES string of the molecule is N#CCC[C@@H](Nc1c(C#N)cnc2c(Cl)cc(N[C@H](C3=CN(C4CC4)NN3)c3cccnc3Cl)cc12)c1ccccc1. The van der Waals surface area contributed by atoms with Gasteiger partial charge in [-0.15, -0.1) is 5.53 Å². The number of rotatable bonds is 10. The number of fused-ring (bicyclic) bond motifs is 1. The van der Waals surface area contributed by atoms with Crippen LogP contribution in [0.2, 0.25) is 10.2 Å². The zero-order chi connectivity index (χ0) is 29.1. The van der Waals surface area contributed by atoms with Gasteiger partial charge in [-0.2, -0.15) is 10.5 Å². The molecule has 0 spiro atoms. The molecule has 2 aromatic heterocycles. The van der Waals surface area contributed by atoms with Crippen LogP contribution in [-0.4, -0.2) is 21.0 Å². The number of pyridine rings is 2. The van der Waals surface area contributed by atoms with Gasteiger partial charge in [-0.05, 0) is 43.0 Å². The lowest BCUT2D eigenvalue weighted by molar-refractivity contribution is 0.260. The third kappa shape index (κ3) is 5.77. The number of benzene rings is 2. The number of nitrogens with one attached hydrogen (secondary N) is 4. The molecule has 1 aliphatic heterocycles. The molecule has 42 heavy (non-hydrogen) atoms. The van der Waals surface area contributed by atoms with Gasteiger partial charge in [0.2, 0.25) is 0 Å². The molecule has 11 heteroatoms. The molecular formula is C31H27Cl2N9. The standard InChI is InChI=1S/C31H27Cl2N9/c32-25-15-21(38-30(23-8-5-13-36-31(23)33)27-18-42(41-40-27)22-10-11-22)14-24-28(20(16-35)17-37-29(24)25)39-26(9-4-12-34)19-6-2-1-3-7-19/h1-3,5-8,13-15,17-18,22,26,30,38,40-41H,4,9-11H2,(H,37,39)/t26-,30+/m1/s1. The second-order valence-electron chi connectivity index (χ2n) is 10.2. The van der Waals surface area contributed by atoms with Crippen molar-refractivity contribution in [1.82, 2.24) is 25.9 Å². The molecule has 2 aromatic carbocycles. The van der Waals surface area contributed by atoms with E-state index < -0.39 is 0 Å². The molecule has 6 rings (SSSR count). The van der Waals surface area contributed by atoms with Gasteiger partial charge in [0.1, 0.15) is 11.2 Å². The van der Waals surface area contributed by atoms with Gasteiger partial charge >= 0.3 is 0 Å². The van der Waals surface area contributed by atoms with E-state index in [-0.39, 0.29) is 12.1 Å². The average Bonchev–Trinajstić information content (AvgIpc) is 3.75. The number of hydrogen-bond donors (Lipinski definition) is 4. The monoisotopic (exact) mass is 595 g/mol. The second kappa shape index (κ2) is 12.1. The Balaban J connectivity index is 1.42. The highest BCUT2D eigenvalue weighted by molar-refractivity contribution is 6.36. The normalized spacial score (nSPS) is 15.7. The highest BCUT2D eigenvalue weighted by Gasteiger charge is 2.33. The van der Waals surface area contributed by atoms with E-state index in [1.54, 1.807) is 6.20 Å². The fourth-order valence-corrected chi connectivity index (χ4v) is 5.61.